The number of halogens is 4. The van der Waals surface area contributed by atoms with Crippen LogP contribution in [0.1, 0.15) is 5.56 Å². The number of alkyl halides is 2. The Morgan fingerprint density at radius 1 is 1.19 bits per heavy atom. The van der Waals surface area contributed by atoms with Gasteiger partial charge in [-0.05, 0) is 36.4 Å². The predicted molar refractivity (Wildman–Crippen MR) is 73.5 cm³/mol. The fourth-order valence-corrected chi connectivity index (χ4v) is 1.92. The average Bonchev–Trinajstić information content (AvgIpc) is 2.42. The molecule has 0 atom stereocenters. The van der Waals surface area contributed by atoms with Crippen molar-refractivity contribution < 1.29 is 23.0 Å². The monoisotopic (exact) mass is 317 g/mol. The van der Waals surface area contributed by atoms with Gasteiger partial charge in [-0.2, -0.15) is 8.78 Å². The van der Waals surface area contributed by atoms with Gasteiger partial charge in [-0.25, -0.2) is 4.39 Å². The molecule has 0 fully saturated rings. The highest BCUT2D eigenvalue weighted by Crippen LogP contribution is 2.29. The smallest absolute Gasteiger partial charge is 0.387 e. The highest BCUT2D eigenvalue weighted by molar-refractivity contribution is 6.32. The van der Waals surface area contributed by atoms with Gasteiger partial charge in [0.05, 0.1) is 5.02 Å². The van der Waals surface area contributed by atoms with Crippen LogP contribution in [0.2, 0.25) is 5.02 Å². The van der Waals surface area contributed by atoms with E-state index in [1.165, 1.54) is 30.3 Å². The highest BCUT2D eigenvalue weighted by atomic mass is 35.5. The molecule has 2 aromatic rings. The zero-order valence-corrected chi connectivity index (χ0v) is 11.4. The normalized spacial score (nSPS) is 10.7. The van der Waals surface area contributed by atoms with E-state index in [4.69, 9.17) is 11.6 Å². The first-order valence-corrected chi connectivity index (χ1v) is 6.29. The molecule has 0 amide bonds. The summed E-state index contributed by atoms with van der Waals surface area (Å²) in [6, 6.07) is 7.76. The third-order valence-corrected chi connectivity index (χ3v) is 2.97. The number of phenolic OH excluding ortho intramolecular Hbond substituents is 1. The minimum absolute atomic E-state index is 0.0174. The minimum atomic E-state index is -2.95. The van der Waals surface area contributed by atoms with Gasteiger partial charge in [0.15, 0.2) is 0 Å². The SMILES string of the molecule is Oc1ccc(F)cc1CNc1ccc(OC(F)F)c(Cl)c1. The van der Waals surface area contributed by atoms with Crippen molar-refractivity contribution in [2.45, 2.75) is 13.2 Å². The molecule has 0 unspecified atom stereocenters. The lowest BCUT2D eigenvalue weighted by atomic mass is 10.2. The first-order chi connectivity index (χ1) is 9.95. The number of phenols is 1. The van der Waals surface area contributed by atoms with E-state index in [0.29, 0.717) is 11.3 Å². The van der Waals surface area contributed by atoms with Crippen LogP contribution in [0.15, 0.2) is 36.4 Å². The summed E-state index contributed by atoms with van der Waals surface area (Å²) in [5.41, 5.74) is 0.879. The van der Waals surface area contributed by atoms with E-state index in [2.05, 4.69) is 10.1 Å². The fourth-order valence-electron chi connectivity index (χ4n) is 1.70. The van der Waals surface area contributed by atoms with E-state index in [1.54, 1.807) is 0 Å². The first kappa shape index (κ1) is 15.3. The van der Waals surface area contributed by atoms with Gasteiger partial charge in [-0.1, -0.05) is 11.6 Å². The molecule has 0 saturated carbocycles. The van der Waals surface area contributed by atoms with Crippen molar-refractivity contribution in [2.75, 3.05) is 5.32 Å². The topological polar surface area (TPSA) is 41.5 Å². The van der Waals surface area contributed by atoms with Crippen LogP contribution in [0.5, 0.6) is 11.5 Å². The lowest BCUT2D eigenvalue weighted by molar-refractivity contribution is -0.0497. The summed E-state index contributed by atoms with van der Waals surface area (Å²) in [6.07, 6.45) is 0. The van der Waals surface area contributed by atoms with Crippen molar-refractivity contribution >= 4 is 17.3 Å². The molecule has 2 N–H and O–H groups in total. The van der Waals surface area contributed by atoms with Crippen molar-refractivity contribution in [1.82, 2.24) is 0 Å². The van der Waals surface area contributed by atoms with Gasteiger partial charge in [-0.3, -0.25) is 0 Å². The molecule has 0 aliphatic rings. The number of anilines is 1. The van der Waals surface area contributed by atoms with Gasteiger partial charge in [-0.15, -0.1) is 0 Å². The molecule has 0 aliphatic heterocycles. The third kappa shape index (κ3) is 4.19. The van der Waals surface area contributed by atoms with Gasteiger partial charge in [0.25, 0.3) is 0 Å². The Morgan fingerprint density at radius 3 is 2.62 bits per heavy atom. The van der Waals surface area contributed by atoms with Crippen molar-refractivity contribution in [3.63, 3.8) is 0 Å². The van der Waals surface area contributed by atoms with Crippen LogP contribution in [-0.2, 0) is 6.54 Å². The summed E-state index contributed by atoms with van der Waals surface area (Å²) >= 11 is 5.80. The number of benzene rings is 2. The van der Waals surface area contributed by atoms with Crippen molar-refractivity contribution in [1.29, 1.82) is 0 Å². The van der Waals surface area contributed by atoms with Crippen molar-refractivity contribution in [3.8, 4) is 11.5 Å². The van der Waals surface area contributed by atoms with Crippen LogP contribution in [0.25, 0.3) is 0 Å². The summed E-state index contributed by atoms with van der Waals surface area (Å²) in [5, 5.41) is 12.5. The maximum absolute atomic E-state index is 13.1. The van der Waals surface area contributed by atoms with E-state index < -0.39 is 12.4 Å². The Balaban J connectivity index is 2.07. The molecule has 0 heterocycles. The second kappa shape index (κ2) is 6.58. The molecule has 2 aromatic carbocycles. The standard InChI is InChI=1S/C14H11ClF3NO2/c15-11-6-10(2-4-13(11)21-14(17)18)19-7-8-5-9(16)1-3-12(8)20/h1-6,14,19-20H,7H2. The Bertz CT molecular complexity index is 638. The largest absolute Gasteiger partial charge is 0.508 e. The lowest BCUT2D eigenvalue weighted by Gasteiger charge is -2.11. The Morgan fingerprint density at radius 2 is 1.95 bits per heavy atom. The second-order valence-electron chi connectivity index (χ2n) is 4.15. The molecule has 7 heteroatoms. The number of hydrogen-bond donors (Lipinski definition) is 2. The van der Waals surface area contributed by atoms with E-state index >= 15 is 0 Å². The lowest BCUT2D eigenvalue weighted by Crippen LogP contribution is -2.03. The number of ether oxygens (including phenoxy) is 1. The van der Waals surface area contributed by atoms with Gasteiger partial charge in [0, 0.05) is 17.8 Å². The number of aromatic hydroxyl groups is 1. The summed E-state index contributed by atoms with van der Waals surface area (Å²) < 4.78 is 41.5. The quantitative estimate of drug-likeness (QED) is 0.859. The summed E-state index contributed by atoms with van der Waals surface area (Å²) in [4.78, 5) is 0. The van der Waals surface area contributed by atoms with E-state index in [1.807, 2.05) is 0 Å². The van der Waals surface area contributed by atoms with E-state index in [9.17, 15) is 18.3 Å². The Kier molecular flexibility index (Phi) is 4.80. The molecule has 2 rings (SSSR count). The van der Waals surface area contributed by atoms with Crippen LogP contribution in [0, 0.1) is 5.82 Å². The molecule has 21 heavy (non-hydrogen) atoms. The Labute approximate surface area is 123 Å². The van der Waals surface area contributed by atoms with Gasteiger partial charge in [0.1, 0.15) is 17.3 Å². The van der Waals surface area contributed by atoms with Gasteiger partial charge < -0.3 is 15.2 Å². The van der Waals surface area contributed by atoms with Gasteiger partial charge >= 0.3 is 6.61 Å². The van der Waals surface area contributed by atoms with Crippen LogP contribution >= 0.6 is 11.6 Å². The molecular formula is C14H11ClF3NO2. The Hall–Kier alpha value is -2.08. The first-order valence-electron chi connectivity index (χ1n) is 5.91. The maximum Gasteiger partial charge on any atom is 0.387 e. The molecule has 0 aliphatic carbocycles. The molecule has 0 spiro atoms. The molecule has 3 nitrogen and oxygen atoms in total. The second-order valence-corrected chi connectivity index (χ2v) is 4.56. The van der Waals surface area contributed by atoms with Crippen molar-refractivity contribution in [3.05, 3.63) is 52.8 Å². The number of nitrogens with one attached hydrogen (secondary N) is 1. The average molecular weight is 318 g/mol. The molecule has 112 valence electrons. The zero-order chi connectivity index (χ0) is 15.4. The molecule has 0 saturated heterocycles. The van der Waals surface area contributed by atoms with Gasteiger partial charge in [0.2, 0.25) is 0 Å². The van der Waals surface area contributed by atoms with E-state index in [-0.39, 0.29) is 23.1 Å². The summed E-state index contributed by atoms with van der Waals surface area (Å²) in [7, 11) is 0. The van der Waals surface area contributed by atoms with Crippen LogP contribution in [0.4, 0.5) is 18.9 Å². The highest BCUT2D eigenvalue weighted by Gasteiger charge is 2.09. The number of rotatable bonds is 5. The van der Waals surface area contributed by atoms with Crippen LogP contribution in [0.3, 0.4) is 0 Å². The maximum atomic E-state index is 13.1. The molecule has 0 radical (unpaired) electrons. The zero-order valence-electron chi connectivity index (χ0n) is 10.6. The van der Waals surface area contributed by atoms with E-state index in [0.717, 1.165) is 6.07 Å². The predicted octanol–water partition coefficient (Wildman–Crippen LogP) is 4.40. The third-order valence-electron chi connectivity index (χ3n) is 2.67. The molecule has 0 bridgehead atoms. The fraction of sp³-hybridized carbons (Fsp3) is 0.143. The minimum Gasteiger partial charge on any atom is -0.508 e. The summed E-state index contributed by atoms with van der Waals surface area (Å²) in [5.74, 6) is -0.651. The number of hydrogen-bond acceptors (Lipinski definition) is 3. The molecule has 0 aromatic heterocycles. The van der Waals surface area contributed by atoms with Crippen LogP contribution in [-0.4, -0.2) is 11.7 Å². The summed E-state index contributed by atoms with van der Waals surface area (Å²) in [6.45, 7) is -2.81. The van der Waals surface area contributed by atoms with Crippen molar-refractivity contribution in [2.24, 2.45) is 0 Å². The van der Waals surface area contributed by atoms with Crippen LogP contribution < -0.4 is 10.1 Å². The molecular weight excluding hydrogens is 307 g/mol.